The maximum atomic E-state index is 12.0. The molecule has 1 aliphatic heterocycles. The van der Waals surface area contributed by atoms with Crippen molar-refractivity contribution in [2.75, 3.05) is 26.2 Å². The number of carbonyl (C=O) groups is 1. The van der Waals surface area contributed by atoms with E-state index in [0.29, 0.717) is 6.04 Å². The lowest BCUT2D eigenvalue weighted by molar-refractivity contribution is -0.132. The van der Waals surface area contributed by atoms with Crippen LogP contribution in [0.15, 0.2) is 24.3 Å². The molecule has 4 nitrogen and oxygen atoms in total. The fourth-order valence-electron chi connectivity index (χ4n) is 2.56. The first-order chi connectivity index (χ1) is 10.2. The van der Waals surface area contributed by atoms with E-state index in [1.165, 1.54) is 5.56 Å². The Kier molecular flexibility index (Phi) is 6.05. The van der Waals surface area contributed by atoms with Crippen LogP contribution in [0.4, 0.5) is 0 Å². The molecule has 1 heterocycles. The highest BCUT2D eigenvalue weighted by Gasteiger charge is 2.18. The van der Waals surface area contributed by atoms with Crippen LogP contribution >= 0.6 is 0 Å². The van der Waals surface area contributed by atoms with Gasteiger partial charge < -0.3 is 15.0 Å². The van der Waals surface area contributed by atoms with Crippen LogP contribution in [0.5, 0.6) is 5.75 Å². The standard InChI is InChI=1S/C17H26N2O2/c1-3-9-18-14(2)15-7-6-8-16(12-15)21-13-17(20)19-10-4-5-11-19/h6-8,12,14,18H,3-5,9-11,13H2,1-2H3. The molecule has 1 saturated heterocycles. The first kappa shape index (κ1) is 15.8. The summed E-state index contributed by atoms with van der Waals surface area (Å²) in [6.45, 7) is 7.19. The SMILES string of the molecule is CCCNC(C)c1cccc(OCC(=O)N2CCCC2)c1. The number of nitrogens with one attached hydrogen (secondary N) is 1. The van der Waals surface area contributed by atoms with E-state index in [1.54, 1.807) is 0 Å². The molecule has 1 N–H and O–H groups in total. The zero-order valence-corrected chi connectivity index (χ0v) is 13.1. The van der Waals surface area contributed by atoms with E-state index in [0.717, 1.165) is 44.6 Å². The Balaban J connectivity index is 1.86. The zero-order valence-electron chi connectivity index (χ0n) is 13.1. The van der Waals surface area contributed by atoms with Gasteiger partial charge in [0.1, 0.15) is 5.75 Å². The van der Waals surface area contributed by atoms with E-state index in [2.05, 4.69) is 25.2 Å². The second-order valence-corrected chi connectivity index (χ2v) is 5.62. The molecule has 0 bridgehead atoms. The molecule has 0 aromatic heterocycles. The highest BCUT2D eigenvalue weighted by atomic mass is 16.5. The monoisotopic (exact) mass is 290 g/mol. The van der Waals surface area contributed by atoms with Crippen molar-refractivity contribution >= 4 is 5.91 Å². The van der Waals surface area contributed by atoms with E-state index in [1.807, 2.05) is 23.1 Å². The van der Waals surface area contributed by atoms with E-state index < -0.39 is 0 Å². The summed E-state index contributed by atoms with van der Waals surface area (Å²) >= 11 is 0. The third-order valence-electron chi connectivity index (χ3n) is 3.88. The molecule has 21 heavy (non-hydrogen) atoms. The van der Waals surface area contributed by atoms with Crippen molar-refractivity contribution in [2.24, 2.45) is 0 Å². The largest absolute Gasteiger partial charge is 0.484 e. The van der Waals surface area contributed by atoms with Gasteiger partial charge in [0.25, 0.3) is 5.91 Å². The number of carbonyl (C=O) groups excluding carboxylic acids is 1. The van der Waals surface area contributed by atoms with Gasteiger partial charge in [0.15, 0.2) is 6.61 Å². The topological polar surface area (TPSA) is 41.6 Å². The second-order valence-electron chi connectivity index (χ2n) is 5.62. The first-order valence-electron chi connectivity index (χ1n) is 7.94. The van der Waals surface area contributed by atoms with Crippen molar-refractivity contribution in [3.05, 3.63) is 29.8 Å². The molecule has 0 radical (unpaired) electrons. The highest BCUT2D eigenvalue weighted by Crippen LogP contribution is 2.19. The van der Waals surface area contributed by atoms with Crippen LogP contribution in [0.2, 0.25) is 0 Å². The van der Waals surface area contributed by atoms with Crippen LogP contribution in [0.3, 0.4) is 0 Å². The van der Waals surface area contributed by atoms with Gasteiger partial charge in [-0.2, -0.15) is 0 Å². The van der Waals surface area contributed by atoms with Crippen LogP contribution in [0.25, 0.3) is 0 Å². The fourth-order valence-corrected chi connectivity index (χ4v) is 2.56. The van der Waals surface area contributed by atoms with Gasteiger partial charge >= 0.3 is 0 Å². The smallest absolute Gasteiger partial charge is 0.260 e. The number of rotatable bonds is 7. The summed E-state index contributed by atoms with van der Waals surface area (Å²) in [5.41, 5.74) is 1.19. The number of benzene rings is 1. The van der Waals surface area contributed by atoms with Gasteiger partial charge in [-0.15, -0.1) is 0 Å². The Hall–Kier alpha value is -1.55. The van der Waals surface area contributed by atoms with Gasteiger partial charge in [-0.25, -0.2) is 0 Å². The van der Waals surface area contributed by atoms with Gasteiger partial charge in [-0.1, -0.05) is 19.1 Å². The Labute approximate surface area is 127 Å². The number of likely N-dealkylation sites (tertiary alicyclic amines) is 1. The molecule has 1 aliphatic rings. The summed E-state index contributed by atoms with van der Waals surface area (Å²) in [7, 11) is 0. The third kappa shape index (κ3) is 4.74. The lowest BCUT2D eigenvalue weighted by atomic mass is 10.1. The minimum Gasteiger partial charge on any atom is -0.484 e. The number of hydrogen-bond acceptors (Lipinski definition) is 3. The van der Waals surface area contributed by atoms with Crippen molar-refractivity contribution in [2.45, 2.75) is 39.2 Å². The van der Waals surface area contributed by atoms with E-state index in [-0.39, 0.29) is 12.5 Å². The molecule has 2 rings (SSSR count). The number of amides is 1. The summed E-state index contributed by atoms with van der Waals surface area (Å²) in [5, 5.41) is 3.45. The fraction of sp³-hybridized carbons (Fsp3) is 0.588. The summed E-state index contributed by atoms with van der Waals surface area (Å²) in [6.07, 6.45) is 3.34. The third-order valence-corrected chi connectivity index (χ3v) is 3.88. The Morgan fingerprint density at radius 3 is 2.86 bits per heavy atom. The van der Waals surface area contributed by atoms with E-state index >= 15 is 0 Å². The van der Waals surface area contributed by atoms with Gasteiger partial charge in [-0.05, 0) is 50.4 Å². The summed E-state index contributed by atoms with van der Waals surface area (Å²) in [5.74, 6) is 0.861. The summed E-state index contributed by atoms with van der Waals surface area (Å²) in [6, 6.07) is 8.29. The van der Waals surface area contributed by atoms with Crippen LogP contribution in [-0.4, -0.2) is 37.0 Å². The summed E-state index contributed by atoms with van der Waals surface area (Å²) < 4.78 is 5.66. The zero-order chi connectivity index (χ0) is 15.1. The average Bonchev–Trinajstić information content (AvgIpc) is 3.05. The summed E-state index contributed by atoms with van der Waals surface area (Å²) in [4.78, 5) is 13.9. The van der Waals surface area contributed by atoms with E-state index in [4.69, 9.17) is 4.74 Å². The van der Waals surface area contributed by atoms with Crippen LogP contribution < -0.4 is 10.1 Å². The van der Waals surface area contributed by atoms with Gasteiger partial charge in [0.2, 0.25) is 0 Å². The molecular formula is C17H26N2O2. The Morgan fingerprint density at radius 2 is 2.14 bits per heavy atom. The van der Waals surface area contributed by atoms with Crippen molar-refractivity contribution in [3.63, 3.8) is 0 Å². The average molecular weight is 290 g/mol. The number of hydrogen-bond donors (Lipinski definition) is 1. The van der Waals surface area contributed by atoms with Gasteiger partial charge in [-0.3, -0.25) is 4.79 Å². The predicted molar refractivity (Wildman–Crippen MR) is 84.5 cm³/mol. The van der Waals surface area contributed by atoms with Crippen molar-refractivity contribution in [1.29, 1.82) is 0 Å². The minimum absolute atomic E-state index is 0.0926. The van der Waals surface area contributed by atoms with Crippen LogP contribution in [0, 0.1) is 0 Å². The molecule has 1 amide bonds. The Morgan fingerprint density at radius 1 is 1.38 bits per heavy atom. The van der Waals surface area contributed by atoms with Crippen LogP contribution in [-0.2, 0) is 4.79 Å². The molecule has 0 saturated carbocycles. The van der Waals surface area contributed by atoms with Crippen molar-refractivity contribution < 1.29 is 9.53 Å². The van der Waals surface area contributed by atoms with Gasteiger partial charge in [0, 0.05) is 19.1 Å². The maximum Gasteiger partial charge on any atom is 0.260 e. The Bertz CT molecular complexity index is 456. The molecule has 4 heteroatoms. The highest BCUT2D eigenvalue weighted by molar-refractivity contribution is 5.78. The predicted octanol–water partition coefficient (Wildman–Crippen LogP) is 2.75. The molecule has 0 spiro atoms. The molecule has 1 fully saturated rings. The second kappa shape index (κ2) is 8.03. The molecule has 0 aliphatic carbocycles. The minimum atomic E-state index is 0.0926. The molecule has 1 atom stereocenters. The van der Waals surface area contributed by atoms with E-state index in [9.17, 15) is 4.79 Å². The first-order valence-corrected chi connectivity index (χ1v) is 7.94. The van der Waals surface area contributed by atoms with Crippen molar-refractivity contribution in [3.8, 4) is 5.75 Å². The number of ether oxygens (including phenoxy) is 1. The van der Waals surface area contributed by atoms with Gasteiger partial charge in [0.05, 0.1) is 0 Å². The lowest BCUT2D eigenvalue weighted by Gasteiger charge is -2.17. The maximum absolute atomic E-state index is 12.0. The molecule has 1 aromatic carbocycles. The molecule has 116 valence electrons. The quantitative estimate of drug-likeness (QED) is 0.839. The normalized spacial score (nSPS) is 16.0. The van der Waals surface area contributed by atoms with Crippen molar-refractivity contribution in [1.82, 2.24) is 10.2 Å². The lowest BCUT2D eigenvalue weighted by Crippen LogP contribution is -2.32. The molecule has 1 unspecified atom stereocenters. The van der Waals surface area contributed by atoms with Crippen LogP contribution in [0.1, 0.15) is 44.7 Å². The molecule has 1 aromatic rings. The number of nitrogens with zero attached hydrogens (tertiary/aromatic N) is 1. The molecular weight excluding hydrogens is 264 g/mol.